The number of unbranched alkanes of at least 4 members (excludes halogenated alkanes) is 1. The standard InChI is InChI=1S/C21H18F5NOS/c1-2-3-4-18-19(12-28-17-10-15(22)9-16(23)11-17)29-20(27-18)13-5-7-14(8-6-13)21(24,25)26/h5-11H,2-4,12H2,1H3. The van der Waals surface area contributed by atoms with E-state index in [0.29, 0.717) is 17.0 Å². The minimum Gasteiger partial charge on any atom is -0.488 e. The van der Waals surface area contributed by atoms with Crippen molar-refractivity contribution in [2.45, 2.75) is 39.0 Å². The fraction of sp³-hybridized carbons (Fsp3) is 0.286. The van der Waals surface area contributed by atoms with Crippen molar-refractivity contribution in [1.82, 2.24) is 4.98 Å². The molecular formula is C21H18F5NOS. The van der Waals surface area contributed by atoms with E-state index in [4.69, 9.17) is 4.74 Å². The van der Waals surface area contributed by atoms with Gasteiger partial charge in [-0.1, -0.05) is 25.5 Å². The molecule has 8 heteroatoms. The average molecular weight is 427 g/mol. The maximum Gasteiger partial charge on any atom is 0.416 e. The summed E-state index contributed by atoms with van der Waals surface area (Å²) in [7, 11) is 0. The lowest BCUT2D eigenvalue weighted by Crippen LogP contribution is -2.03. The van der Waals surface area contributed by atoms with Crippen LogP contribution in [0.1, 0.15) is 35.9 Å². The monoisotopic (exact) mass is 427 g/mol. The van der Waals surface area contributed by atoms with Crippen LogP contribution >= 0.6 is 11.3 Å². The van der Waals surface area contributed by atoms with Gasteiger partial charge in [0.25, 0.3) is 0 Å². The molecular weight excluding hydrogens is 409 g/mol. The van der Waals surface area contributed by atoms with Crippen LogP contribution in [-0.4, -0.2) is 4.98 Å². The van der Waals surface area contributed by atoms with Crippen LogP contribution in [0.5, 0.6) is 5.75 Å². The predicted molar refractivity (Wildman–Crippen MR) is 102 cm³/mol. The van der Waals surface area contributed by atoms with Gasteiger partial charge in [-0.3, -0.25) is 0 Å². The van der Waals surface area contributed by atoms with Gasteiger partial charge in [-0.15, -0.1) is 11.3 Å². The first-order valence-electron chi connectivity index (χ1n) is 9.01. The highest BCUT2D eigenvalue weighted by atomic mass is 32.1. The summed E-state index contributed by atoms with van der Waals surface area (Å²) in [6, 6.07) is 7.76. The Balaban J connectivity index is 1.83. The lowest BCUT2D eigenvalue weighted by atomic mass is 10.1. The molecule has 0 radical (unpaired) electrons. The summed E-state index contributed by atoms with van der Waals surface area (Å²) in [6.07, 6.45) is -1.88. The number of thiazole rings is 1. The number of aromatic nitrogens is 1. The molecule has 3 aromatic rings. The third-order valence-corrected chi connectivity index (χ3v) is 5.33. The molecule has 0 aliphatic carbocycles. The quantitative estimate of drug-likeness (QED) is 0.378. The molecule has 1 heterocycles. The van der Waals surface area contributed by atoms with Gasteiger partial charge >= 0.3 is 6.18 Å². The highest BCUT2D eigenvalue weighted by Crippen LogP contribution is 2.34. The van der Waals surface area contributed by atoms with Gasteiger partial charge in [0.2, 0.25) is 0 Å². The first kappa shape index (κ1) is 21.2. The Morgan fingerprint density at radius 2 is 1.66 bits per heavy atom. The first-order chi connectivity index (χ1) is 13.8. The third-order valence-electron chi connectivity index (χ3n) is 4.21. The fourth-order valence-electron chi connectivity index (χ4n) is 2.72. The number of benzene rings is 2. The van der Waals surface area contributed by atoms with E-state index in [-0.39, 0.29) is 12.4 Å². The topological polar surface area (TPSA) is 22.1 Å². The SMILES string of the molecule is CCCCc1nc(-c2ccc(C(F)(F)F)cc2)sc1COc1cc(F)cc(F)c1. The van der Waals surface area contributed by atoms with E-state index >= 15 is 0 Å². The van der Waals surface area contributed by atoms with Gasteiger partial charge in [-0.25, -0.2) is 13.8 Å². The second kappa shape index (κ2) is 8.90. The van der Waals surface area contributed by atoms with Crippen molar-refractivity contribution < 1.29 is 26.7 Å². The molecule has 0 amide bonds. The zero-order valence-corrected chi connectivity index (χ0v) is 16.3. The predicted octanol–water partition coefficient (Wildman–Crippen LogP) is 7.03. The van der Waals surface area contributed by atoms with Gasteiger partial charge in [0.05, 0.1) is 16.1 Å². The number of hydrogen-bond acceptors (Lipinski definition) is 3. The molecule has 0 N–H and O–H groups in total. The van der Waals surface area contributed by atoms with Crippen molar-refractivity contribution in [1.29, 1.82) is 0 Å². The molecule has 1 aromatic heterocycles. The van der Waals surface area contributed by atoms with Gasteiger partial charge in [0, 0.05) is 23.8 Å². The molecule has 29 heavy (non-hydrogen) atoms. The Labute approximate surface area is 169 Å². The Hall–Kier alpha value is -2.48. The van der Waals surface area contributed by atoms with E-state index in [1.165, 1.54) is 23.5 Å². The van der Waals surface area contributed by atoms with Gasteiger partial charge in [-0.2, -0.15) is 13.2 Å². The number of rotatable bonds is 7. The number of nitrogens with zero attached hydrogens (tertiary/aromatic N) is 1. The van der Waals surface area contributed by atoms with Crippen LogP contribution in [0.4, 0.5) is 22.0 Å². The van der Waals surface area contributed by atoms with E-state index in [0.717, 1.165) is 53.7 Å². The zero-order valence-electron chi connectivity index (χ0n) is 15.5. The van der Waals surface area contributed by atoms with Gasteiger partial charge < -0.3 is 4.74 Å². The van der Waals surface area contributed by atoms with E-state index in [2.05, 4.69) is 4.98 Å². The maximum absolute atomic E-state index is 13.3. The smallest absolute Gasteiger partial charge is 0.416 e. The van der Waals surface area contributed by atoms with Crippen LogP contribution in [0.3, 0.4) is 0 Å². The first-order valence-corrected chi connectivity index (χ1v) is 9.83. The minimum absolute atomic E-state index is 0.0634. The van der Waals surface area contributed by atoms with Gasteiger partial charge in [0.15, 0.2) is 0 Å². The van der Waals surface area contributed by atoms with E-state index in [1.54, 1.807) is 0 Å². The minimum atomic E-state index is -4.40. The molecule has 2 nitrogen and oxygen atoms in total. The van der Waals surface area contributed by atoms with Gasteiger partial charge in [-0.05, 0) is 25.0 Å². The molecule has 0 saturated heterocycles. The molecule has 2 aromatic carbocycles. The van der Waals surface area contributed by atoms with Crippen LogP contribution in [0.25, 0.3) is 10.6 Å². The molecule has 154 valence electrons. The van der Waals surface area contributed by atoms with Crippen molar-refractivity contribution in [2.24, 2.45) is 0 Å². The lowest BCUT2D eigenvalue weighted by molar-refractivity contribution is -0.137. The van der Waals surface area contributed by atoms with Crippen LogP contribution in [-0.2, 0) is 19.2 Å². The van der Waals surface area contributed by atoms with E-state index in [9.17, 15) is 22.0 Å². The van der Waals surface area contributed by atoms with Crippen LogP contribution in [0.2, 0.25) is 0 Å². The summed E-state index contributed by atoms with van der Waals surface area (Å²) >= 11 is 1.30. The van der Waals surface area contributed by atoms with E-state index in [1.807, 2.05) is 6.92 Å². The van der Waals surface area contributed by atoms with Crippen molar-refractivity contribution in [3.63, 3.8) is 0 Å². The molecule has 0 spiro atoms. The van der Waals surface area contributed by atoms with Crippen LogP contribution in [0.15, 0.2) is 42.5 Å². The molecule has 0 bridgehead atoms. The largest absolute Gasteiger partial charge is 0.488 e. The molecule has 0 unspecified atom stereocenters. The molecule has 0 aliphatic heterocycles. The zero-order chi connectivity index (χ0) is 21.0. The highest BCUT2D eigenvalue weighted by molar-refractivity contribution is 7.15. The normalized spacial score (nSPS) is 11.7. The van der Waals surface area contributed by atoms with Crippen molar-refractivity contribution in [3.8, 4) is 16.3 Å². The molecule has 0 atom stereocenters. The Bertz CT molecular complexity index is 946. The van der Waals surface area contributed by atoms with Crippen molar-refractivity contribution in [2.75, 3.05) is 0 Å². The highest BCUT2D eigenvalue weighted by Gasteiger charge is 2.30. The van der Waals surface area contributed by atoms with E-state index < -0.39 is 23.4 Å². The third kappa shape index (κ3) is 5.53. The van der Waals surface area contributed by atoms with Crippen LogP contribution < -0.4 is 4.74 Å². The second-order valence-electron chi connectivity index (χ2n) is 6.46. The second-order valence-corrected chi connectivity index (χ2v) is 7.54. The lowest BCUT2D eigenvalue weighted by Gasteiger charge is -2.06. The fourth-order valence-corrected chi connectivity index (χ4v) is 3.75. The number of hydrogen-bond donors (Lipinski definition) is 0. The number of alkyl halides is 3. The van der Waals surface area contributed by atoms with Crippen molar-refractivity contribution in [3.05, 3.63) is 70.2 Å². The molecule has 3 rings (SSSR count). The average Bonchev–Trinajstić information content (AvgIpc) is 3.06. The number of aryl methyl sites for hydroxylation is 1. The molecule has 0 aliphatic rings. The molecule has 0 saturated carbocycles. The Morgan fingerprint density at radius 1 is 1.00 bits per heavy atom. The summed E-state index contributed by atoms with van der Waals surface area (Å²) in [5.74, 6) is -1.41. The summed E-state index contributed by atoms with van der Waals surface area (Å²) in [5, 5.41) is 0.578. The summed E-state index contributed by atoms with van der Waals surface area (Å²) < 4.78 is 70.5. The van der Waals surface area contributed by atoms with Crippen molar-refractivity contribution >= 4 is 11.3 Å². The Morgan fingerprint density at radius 3 is 2.24 bits per heavy atom. The summed E-state index contributed by atoms with van der Waals surface area (Å²) in [5.41, 5.74) is 0.633. The van der Waals surface area contributed by atoms with Crippen LogP contribution in [0, 0.1) is 11.6 Å². The Kier molecular flexibility index (Phi) is 6.52. The summed E-state index contributed by atoms with van der Waals surface area (Å²) in [6.45, 7) is 2.11. The maximum atomic E-state index is 13.3. The van der Waals surface area contributed by atoms with Gasteiger partial charge in [0.1, 0.15) is 29.0 Å². The molecule has 0 fully saturated rings. The number of ether oxygens (including phenoxy) is 1. The number of halogens is 5. The summed E-state index contributed by atoms with van der Waals surface area (Å²) in [4.78, 5) is 5.34.